The van der Waals surface area contributed by atoms with E-state index in [0.29, 0.717) is 5.56 Å². The molecule has 2 rings (SSSR count). The molecule has 4 nitrogen and oxygen atoms in total. The van der Waals surface area contributed by atoms with E-state index in [1.54, 1.807) is 18.2 Å². The van der Waals surface area contributed by atoms with Crippen molar-refractivity contribution in [1.29, 1.82) is 0 Å². The molecule has 0 amide bonds. The second kappa shape index (κ2) is 4.44. The number of benzene rings is 2. The van der Waals surface area contributed by atoms with Crippen LogP contribution in [0.2, 0.25) is 0 Å². The Morgan fingerprint density at radius 3 is 2.28 bits per heavy atom. The van der Waals surface area contributed by atoms with Crippen LogP contribution in [-0.4, -0.2) is 18.1 Å². The minimum Gasteiger partial charge on any atom is -0.507 e. The highest BCUT2D eigenvalue weighted by Gasteiger charge is 2.17. The lowest BCUT2D eigenvalue weighted by Gasteiger charge is -2.09. The number of rotatable bonds is 2. The third-order valence-corrected chi connectivity index (χ3v) is 3.52. The van der Waals surface area contributed by atoms with Gasteiger partial charge in [0.1, 0.15) is 10.6 Å². The van der Waals surface area contributed by atoms with E-state index in [9.17, 15) is 13.5 Å². The Morgan fingerprint density at radius 2 is 1.67 bits per heavy atom. The van der Waals surface area contributed by atoms with E-state index in [0.717, 1.165) is 5.56 Å². The fourth-order valence-electron chi connectivity index (χ4n) is 1.78. The predicted molar refractivity (Wildman–Crippen MR) is 68.1 cm³/mol. The number of aromatic hydroxyl groups is 1. The molecule has 0 aromatic heterocycles. The Kier molecular flexibility index (Phi) is 3.11. The second-order valence-electron chi connectivity index (χ2n) is 3.99. The van der Waals surface area contributed by atoms with E-state index < -0.39 is 10.1 Å². The van der Waals surface area contributed by atoms with Gasteiger partial charge in [0.2, 0.25) is 0 Å². The summed E-state index contributed by atoms with van der Waals surface area (Å²) in [4.78, 5) is -0.218. The molecule has 0 radical (unpaired) electrons. The molecule has 0 heterocycles. The summed E-state index contributed by atoms with van der Waals surface area (Å²) >= 11 is 0. The third-order valence-electron chi connectivity index (χ3n) is 2.61. The summed E-state index contributed by atoms with van der Waals surface area (Å²) in [5, 5.41) is 9.86. The summed E-state index contributed by atoms with van der Waals surface area (Å²) in [7, 11) is -4.32. The third kappa shape index (κ3) is 2.37. The van der Waals surface area contributed by atoms with Crippen LogP contribution >= 0.6 is 0 Å². The van der Waals surface area contributed by atoms with E-state index in [2.05, 4.69) is 0 Å². The standard InChI is InChI=1S/C13H12O4S/c1-9-6-7-10(12(14)8-9)11-4-2-3-5-13(11)18(15,16)17/h2-8,14H,1H3,(H,15,16,17). The summed E-state index contributed by atoms with van der Waals surface area (Å²) in [5.74, 6) is -0.0221. The topological polar surface area (TPSA) is 74.6 Å². The number of aryl methyl sites for hydroxylation is 1. The van der Waals surface area contributed by atoms with Gasteiger partial charge in [0.25, 0.3) is 10.1 Å². The maximum absolute atomic E-state index is 11.3. The SMILES string of the molecule is Cc1ccc(-c2ccccc2S(=O)(=O)O)c(O)c1. The second-order valence-corrected chi connectivity index (χ2v) is 5.38. The molecule has 0 saturated heterocycles. The van der Waals surface area contributed by atoms with Gasteiger partial charge < -0.3 is 5.11 Å². The van der Waals surface area contributed by atoms with Crippen molar-refractivity contribution in [3.05, 3.63) is 48.0 Å². The first-order valence-corrected chi connectivity index (χ1v) is 6.70. The van der Waals surface area contributed by atoms with Crippen LogP contribution < -0.4 is 0 Å². The minimum absolute atomic E-state index is 0.0221. The Morgan fingerprint density at radius 1 is 1.00 bits per heavy atom. The van der Waals surface area contributed by atoms with Gasteiger partial charge in [-0.3, -0.25) is 4.55 Å². The fraction of sp³-hybridized carbons (Fsp3) is 0.0769. The summed E-state index contributed by atoms with van der Waals surface area (Å²) in [5.41, 5.74) is 1.51. The van der Waals surface area contributed by atoms with Crippen molar-refractivity contribution < 1.29 is 18.1 Å². The van der Waals surface area contributed by atoms with Crippen molar-refractivity contribution >= 4 is 10.1 Å². The van der Waals surface area contributed by atoms with Crippen molar-refractivity contribution in [2.45, 2.75) is 11.8 Å². The molecule has 0 aliphatic rings. The highest BCUT2D eigenvalue weighted by atomic mass is 32.2. The van der Waals surface area contributed by atoms with Gasteiger partial charge in [-0.25, -0.2) is 0 Å². The van der Waals surface area contributed by atoms with E-state index in [1.165, 1.54) is 24.3 Å². The lowest BCUT2D eigenvalue weighted by Crippen LogP contribution is -2.00. The predicted octanol–water partition coefficient (Wildman–Crippen LogP) is 2.61. The van der Waals surface area contributed by atoms with Crippen LogP contribution in [-0.2, 0) is 10.1 Å². The van der Waals surface area contributed by atoms with Gasteiger partial charge >= 0.3 is 0 Å². The molecule has 0 unspecified atom stereocenters. The first-order chi connectivity index (χ1) is 8.39. The average Bonchev–Trinajstić information content (AvgIpc) is 2.28. The van der Waals surface area contributed by atoms with Gasteiger partial charge in [0.05, 0.1) is 0 Å². The number of hydrogen-bond acceptors (Lipinski definition) is 3. The highest BCUT2D eigenvalue weighted by Crippen LogP contribution is 2.34. The molecule has 0 atom stereocenters. The van der Waals surface area contributed by atoms with E-state index in [-0.39, 0.29) is 16.2 Å². The molecule has 2 N–H and O–H groups in total. The Bertz CT molecular complexity index is 690. The zero-order chi connectivity index (χ0) is 13.3. The molecular weight excluding hydrogens is 252 g/mol. The van der Waals surface area contributed by atoms with Gasteiger partial charge in [-0.15, -0.1) is 0 Å². The van der Waals surface area contributed by atoms with Crippen LogP contribution in [0.5, 0.6) is 5.75 Å². The quantitative estimate of drug-likeness (QED) is 0.818. The van der Waals surface area contributed by atoms with E-state index >= 15 is 0 Å². The van der Waals surface area contributed by atoms with Crippen LogP contribution in [0.25, 0.3) is 11.1 Å². The lowest BCUT2D eigenvalue weighted by molar-refractivity contribution is 0.476. The zero-order valence-electron chi connectivity index (χ0n) is 9.66. The first kappa shape index (κ1) is 12.6. The molecular formula is C13H12O4S. The fourth-order valence-corrected chi connectivity index (χ4v) is 2.49. The largest absolute Gasteiger partial charge is 0.507 e. The van der Waals surface area contributed by atoms with Crippen LogP contribution in [0.1, 0.15) is 5.56 Å². The molecule has 5 heteroatoms. The molecule has 0 saturated carbocycles. The molecule has 2 aromatic carbocycles. The number of phenolic OH excluding ortho intramolecular Hbond substituents is 1. The van der Waals surface area contributed by atoms with Gasteiger partial charge in [-0.2, -0.15) is 8.42 Å². The summed E-state index contributed by atoms with van der Waals surface area (Å²) in [6.45, 7) is 1.82. The molecule has 0 fully saturated rings. The monoisotopic (exact) mass is 264 g/mol. The summed E-state index contributed by atoms with van der Waals surface area (Å²) in [6.07, 6.45) is 0. The molecule has 0 bridgehead atoms. The van der Waals surface area contributed by atoms with Crippen LogP contribution in [0, 0.1) is 6.92 Å². The van der Waals surface area contributed by atoms with Crippen LogP contribution in [0.15, 0.2) is 47.4 Å². The van der Waals surface area contributed by atoms with Crippen molar-refractivity contribution in [1.82, 2.24) is 0 Å². The van der Waals surface area contributed by atoms with Gasteiger partial charge in [0, 0.05) is 11.1 Å². The lowest BCUT2D eigenvalue weighted by atomic mass is 10.0. The van der Waals surface area contributed by atoms with Crippen molar-refractivity contribution in [2.24, 2.45) is 0 Å². The molecule has 18 heavy (non-hydrogen) atoms. The van der Waals surface area contributed by atoms with E-state index in [4.69, 9.17) is 4.55 Å². The molecule has 0 spiro atoms. The smallest absolute Gasteiger partial charge is 0.295 e. The van der Waals surface area contributed by atoms with Crippen molar-refractivity contribution in [3.63, 3.8) is 0 Å². The minimum atomic E-state index is -4.32. The Balaban J connectivity index is 2.72. The first-order valence-electron chi connectivity index (χ1n) is 5.26. The van der Waals surface area contributed by atoms with Crippen LogP contribution in [0.4, 0.5) is 0 Å². The van der Waals surface area contributed by atoms with Gasteiger partial charge in [-0.05, 0) is 24.6 Å². The molecule has 94 valence electrons. The molecule has 0 aliphatic carbocycles. The number of hydrogen-bond donors (Lipinski definition) is 2. The van der Waals surface area contributed by atoms with Crippen molar-refractivity contribution in [2.75, 3.05) is 0 Å². The maximum Gasteiger partial charge on any atom is 0.295 e. The maximum atomic E-state index is 11.3. The molecule has 2 aromatic rings. The zero-order valence-corrected chi connectivity index (χ0v) is 10.5. The Hall–Kier alpha value is -1.85. The highest BCUT2D eigenvalue weighted by molar-refractivity contribution is 7.86. The normalized spacial score (nSPS) is 11.4. The van der Waals surface area contributed by atoms with Crippen molar-refractivity contribution in [3.8, 4) is 16.9 Å². The Labute approximate surface area is 105 Å². The molecule has 0 aliphatic heterocycles. The summed E-state index contributed by atoms with van der Waals surface area (Å²) in [6, 6.07) is 10.9. The van der Waals surface area contributed by atoms with E-state index in [1.807, 2.05) is 6.92 Å². The average molecular weight is 264 g/mol. The number of phenols is 1. The summed E-state index contributed by atoms with van der Waals surface area (Å²) < 4.78 is 31.7. The van der Waals surface area contributed by atoms with Crippen LogP contribution in [0.3, 0.4) is 0 Å². The van der Waals surface area contributed by atoms with Gasteiger partial charge in [0.15, 0.2) is 0 Å². The van der Waals surface area contributed by atoms with Gasteiger partial charge in [-0.1, -0.05) is 30.3 Å².